The Kier molecular flexibility index (Phi) is 4.61. The molecule has 1 N–H and O–H groups in total. The third-order valence-electron chi connectivity index (χ3n) is 3.73. The summed E-state index contributed by atoms with van der Waals surface area (Å²) in [6.07, 6.45) is 3.78. The fourth-order valence-electron chi connectivity index (χ4n) is 2.59. The number of hydrogen-bond donors (Lipinski definition) is 1. The highest BCUT2D eigenvalue weighted by Crippen LogP contribution is 2.18. The largest absolute Gasteiger partial charge is 0.478 e. The highest BCUT2D eigenvalue weighted by Gasteiger charge is 2.19. The first-order valence-electron chi connectivity index (χ1n) is 6.72. The van der Waals surface area contributed by atoms with Crippen molar-refractivity contribution in [2.24, 2.45) is 5.92 Å². The van der Waals surface area contributed by atoms with E-state index >= 15 is 0 Å². The maximum absolute atomic E-state index is 10.8. The van der Waals surface area contributed by atoms with Crippen LogP contribution in [-0.4, -0.2) is 54.6 Å². The van der Waals surface area contributed by atoms with Gasteiger partial charge in [0.05, 0.1) is 12.1 Å². The fraction of sp³-hybridized carbons (Fsp3) is 0.643. The van der Waals surface area contributed by atoms with E-state index in [0.717, 1.165) is 12.5 Å². The Labute approximate surface area is 113 Å². The standard InChI is InChI=1S/C14H22N2O3/c1-15-5-3-11(4-6-15)8-16(2)9-13-7-12(10-19-13)14(17)18/h7,10-11H,3-6,8-9H2,1-2H3,(H,17,18). The molecule has 1 aromatic rings. The first-order chi connectivity index (χ1) is 9.04. The molecule has 1 saturated heterocycles. The van der Waals surface area contributed by atoms with Crippen LogP contribution >= 0.6 is 0 Å². The molecule has 1 aromatic heterocycles. The molecular formula is C14H22N2O3. The predicted octanol–water partition coefficient (Wildman–Crippen LogP) is 1.75. The molecule has 0 atom stereocenters. The molecule has 5 nitrogen and oxygen atoms in total. The summed E-state index contributed by atoms with van der Waals surface area (Å²) < 4.78 is 5.27. The number of nitrogens with zero attached hydrogens (tertiary/aromatic N) is 2. The van der Waals surface area contributed by atoms with E-state index in [0.29, 0.717) is 12.3 Å². The quantitative estimate of drug-likeness (QED) is 0.880. The second kappa shape index (κ2) is 6.21. The zero-order valence-electron chi connectivity index (χ0n) is 11.6. The van der Waals surface area contributed by atoms with Crippen LogP contribution in [0.5, 0.6) is 0 Å². The van der Waals surface area contributed by atoms with Gasteiger partial charge in [0.2, 0.25) is 0 Å². The number of carbonyl (C=O) groups is 1. The van der Waals surface area contributed by atoms with Gasteiger partial charge in [-0.3, -0.25) is 4.90 Å². The van der Waals surface area contributed by atoms with Gasteiger partial charge in [-0.05, 0) is 52.0 Å². The first-order valence-corrected chi connectivity index (χ1v) is 6.72. The molecular weight excluding hydrogens is 244 g/mol. The monoisotopic (exact) mass is 266 g/mol. The Balaban J connectivity index is 1.80. The molecule has 0 bridgehead atoms. The lowest BCUT2D eigenvalue weighted by atomic mass is 9.97. The lowest BCUT2D eigenvalue weighted by Crippen LogP contribution is -2.35. The Morgan fingerprint density at radius 2 is 2.21 bits per heavy atom. The molecule has 2 rings (SSSR count). The highest BCUT2D eigenvalue weighted by molar-refractivity contribution is 5.87. The van der Waals surface area contributed by atoms with E-state index in [1.54, 1.807) is 6.07 Å². The van der Waals surface area contributed by atoms with Crippen molar-refractivity contribution in [2.75, 3.05) is 33.7 Å². The van der Waals surface area contributed by atoms with Gasteiger partial charge in [0.15, 0.2) is 0 Å². The molecule has 106 valence electrons. The fourth-order valence-corrected chi connectivity index (χ4v) is 2.59. The minimum atomic E-state index is -0.937. The molecule has 1 aliphatic rings. The second-order valence-corrected chi connectivity index (χ2v) is 5.55. The van der Waals surface area contributed by atoms with Crippen molar-refractivity contribution in [2.45, 2.75) is 19.4 Å². The topological polar surface area (TPSA) is 56.9 Å². The number of furan rings is 1. The molecule has 0 aliphatic carbocycles. The smallest absolute Gasteiger partial charge is 0.338 e. The molecule has 0 radical (unpaired) electrons. The van der Waals surface area contributed by atoms with Crippen LogP contribution < -0.4 is 0 Å². The summed E-state index contributed by atoms with van der Waals surface area (Å²) in [6, 6.07) is 1.60. The van der Waals surface area contributed by atoms with Crippen molar-refractivity contribution in [3.05, 3.63) is 23.7 Å². The van der Waals surface area contributed by atoms with Crippen LogP contribution in [0.4, 0.5) is 0 Å². The maximum atomic E-state index is 10.8. The van der Waals surface area contributed by atoms with Crippen molar-refractivity contribution < 1.29 is 14.3 Å². The summed E-state index contributed by atoms with van der Waals surface area (Å²) >= 11 is 0. The summed E-state index contributed by atoms with van der Waals surface area (Å²) in [6.45, 7) is 4.04. The number of rotatable bonds is 5. The maximum Gasteiger partial charge on any atom is 0.338 e. The van der Waals surface area contributed by atoms with Crippen LogP contribution in [0.25, 0.3) is 0 Å². The third-order valence-corrected chi connectivity index (χ3v) is 3.73. The van der Waals surface area contributed by atoms with Crippen molar-refractivity contribution in [1.82, 2.24) is 9.80 Å². The molecule has 2 heterocycles. The molecule has 0 saturated carbocycles. The van der Waals surface area contributed by atoms with Gasteiger partial charge in [-0.1, -0.05) is 0 Å². The predicted molar refractivity (Wildman–Crippen MR) is 72.2 cm³/mol. The summed E-state index contributed by atoms with van der Waals surface area (Å²) in [5.74, 6) is 0.510. The van der Waals surface area contributed by atoms with Crippen LogP contribution in [-0.2, 0) is 6.54 Å². The molecule has 0 amide bonds. The summed E-state index contributed by atoms with van der Waals surface area (Å²) in [5, 5.41) is 8.84. The average molecular weight is 266 g/mol. The van der Waals surface area contributed by atoms with Gasteiger partial charge in [-0.2, -0.15) is 0 Å². The SMILES string of the molecule is CN1CCC(CN(C)Cc2cc(C(=O)O)co2)CC1. The van der Waals surface area contributed by atoms with Gasteiger partial charge in [0, 0.05) is 6.54 Å². The lowest BCUT2D eigenvalue weighted by molar-refractivity contribution is 0.0696. The number of hydrogen-bond acceptors (Lipinski definition) is 4. The number of carboxylic acid groups (broad SMARTS) is 1. The van der Waals surface area contributed by atoms with Crippen LogP contribution in [0.2, 0.25) is 0 Å². The minimum absolute atomic E-state index is 0.225. The van der Waals surface area contributed by atoms with E-state index in [-0.39, 0.29) is 5.56 Å². The zero-order valence-corrected chi connectivity index (χ0v) is 11.6. The van der Waals surface area contributed by atoms with E-state index in [2.05, 4.69) is 23.9 Å². The van der Waals surface area contributed by atoms with Gasteiger partial charge in [0.25, 0.3) is 0 Å². The molecule has 0 aromatic carbocycles. The van der Waals surface area contributed by atoms with E-state index in [1.807, 2.05) is 0 Å². The lowest BCUT2D eigenvalue weighted by Gasteiger charge is -2.31. The highest BCUT2D eigenvalue weighted by atomic mass is 16.4. The van der Waals surface area contributed by atoms with Gasteiger partial charge < -0.3 is 14.4 Å². The average Bonchev–Trinajstić information content (AvgIpc) is 2.80. The zero-order chi connectivity index (χ0) is 13.8. The van der Waals surface area contributed by atoms with E-state index in [4.69, 9.17) is 9.52 Å². The van der Waals surface area contributed by atoms with E-state index in [9.17, 15) is 4.79 Å². The van der Waals surface area contributed by atoms with E-state index < -0.39 is 5.97 Å². The van der Waals surface area contributed by atoms with Crippen molar-refractivity contribution in [1.29, 1.82) is 0 Å². The van der Waals surface area contributed by atoms with Crippen LogP contribution in [0.1, 0.15) is 29.0 Å². The van der Waals surface area contributed by atoms with Gasteiger partial charge in [-0.15, -0.1) is 0 Å². The molecule has 0 unspecified atom stereocenters. The van der Waals surface area contributed by atoms with Crippen LogP contribution in [0, 0.1) is 5.92 Å². The van der Waals surface area contributed by atoms with Gasteiger partial charge in [0.1, 0.15) is 12.0 Å². The molecule has 5 heteroatoms. The van der Waals surface area contributed by atoms with Crippen LogP contribution in [0.15, 0.2) is 16.7 Å². The molecule has 1 fully saturated rings. The Bertz CT molecular complexity index is 422. The minimum Gasteiger partial charge on any atom is -0.478 e. The Morgan fingerprint density at radius 1 is 1.53 bits per heavy atom. The summed E-state index contributed by atoms with van der Waals surface area (Å²) in [5.41, 5.74) is 0.225. The summed E-state index contributed by atoms with van der Waals surface area (Å²) in [4.78, 5) is 15.3. The molecule has 1 aliphatic heterocycles. The number of piperidine rings is 1. The van der Waals surface area contributed by atoms with Gasteiger partial charge in [-0.25, -0.2) is 4.79 Å². The van der Waals surface area contributed by atoms with Gasteiger partial charge >= 0.3 is 5.97 Å². The Morgan fingerprint density at radius 3 is 2.79 bits per heavy atom. The number of carboxylic acids is 1. The first kappa shape index (κ1) is 14.1. The number of likely N-dealkylation sites (tertiary alicyclic amines) is 1. The van der Waals surface area contributed by atoms with Crippen molar-refractivity contribution >= 4 is 5.97 Å². The van der Waals surface area contributed by atoms with Crippen molar-refractivity contribution in [3.8, 4) is 0 Å². The van der Waals surface area contributed by atoms with E-state index in [1.165, 1.54) is 32.2 Å². The Hall–Kier alpha value is -1.33. The molecule has 0 spiro atoms. The van der Waals surface area contributed by atoms with Crippen LogP contribution in [0.3, 0.4) is 0 Å². The number of aromatic carboxylic acids is 1. The van der Waals surface area contributed by atoms with Crippen molar-refractivity contribution in [3.63, 3.8) is 0 Å². The normalized spacial score (nSPS) is 18.1. The third kappa shape index (κ3) is 4.08. The second-order valence-electron chi connectivity index (χ2n) is 5.55. The molecule has 19 heavy (non-hydrogen) atoms. The summed E-state index contributed by atoms with van der Waals surface area (Å²) in [7, 11) is 4.22.